The molecule has 1 amide bonds. The Bertz CT molecular complexity index is 665. The highest BCUT2D eigenvalue weighted by molar-refractivity contribution is 9.10. The number of carboxylic acid groups (broad SMARTS) is 1. The Labute approximate surface area is 141 Å². The van der Waals surface area contributed by atoms with Crippen molar-refractivity contribution in [1.82, 2.24) is 5.32 Å². The van der Waals surface area contributed by atoms with Crippen LogP contribution in [-0.4, -0.2) is 23.6 Å². The van der Waals surface area contributed by atoms with Crippen LogP contribution in [0.25, 0.3) is 0 Å². The molecule has 0 spiro atoms. The molecule has 1 aromatic carbocycles. The first-order valence-electron chi connectivity index (χ1n) is 7.00. The number of benzene rings is 1. The van der Waals surface area contributed by atoms with Gasteiger partial charge in [0.05, 0.1) is 12.2 Å². The molecule has 0 unspecified atom stereocenters. The third-order valence-electron chi connectivity index (χ3n) is 3.01. The van der Waals surface area contributed by atoms with Crippen LogP contribution in [0.5, 0.6) is 5.75 Å². The molecule has 0 atom stereocenters. The summed E-state index contributed by atoms with van der Waals surface area (Å²) in [5.41, 5.74) is 1.38. The van der Waals surface area contributed by atoms with Crippen LogP contribution >= 0.6 is 15.9 Å². The molecule has 2 rings (SSSR count). The minimum Gasteiger partial charge on any atom is -0.494 e. The highest BCUT2D eigenvalue weighted by Gasteiger charge is 2.08. The summed E-state index contributed by atoms with van der Waals surface area (Å²) in [5, 5.41) is 11.3. The van der Waals surface area contributed by atoms with Crippen molar-refractivity contribution in [3.63, 3.8) is 0 Å². The summed E-state index contributed by atoms with van der Waals surface area (Å²) < 4.78 is 11.0. The number of hydrogen-bond acceptors (Lipinski definition) is 4. The Kier molecular flexibility index (Phi) is 6.22. The van der Waals surface area contributed by atoms with Crippen LogP contribution in [0.1, 0.15) is 28.8 Å². The van der Waals surface area contributed by atoms with E-state index in [-0.39, 0.29) is 12.3 Å². The number of aliphatic carboxylic acids is 1. The SMILES string of the molecule is O=C(O)CCCOc1ccc(CNC(=O)c2coc(Br)c2)cc1. The van der Waals surface area contributed by atoms with Gasteiger partial charge in [-0.15, -0.1) is 0 Å². The van der Waals surface area contributed by atoms with Gasteiger partial charge < -0.3 is 19.6 Å². The molecule has 0 saturated carbocycles. The van der Waals surface area contributed by atoms with Crippen molar-refractivity contribution in [3.8, 4) is 5.75 Å². The zero-order chi connectivity index (χ0) is 16.7. The Morgan fingerprint density at radius 3 is 2.61 bits per heavy atom. The van der Waals surface area contributed by atoms with Crippen molar-refractivity contribution in [2.45, 2.75) is 19.4 Å². The Morgan fingerprint density at radius 2 is 2.00 bits per heavy atom. The summed E-state index contributed by atoms with van der Waals surface area (Å²) in [5.74, 6) is -0.373. The first-order chi connectivity index (χ1) is 11.0. The zero-order valence-electron chi connectivity index (χ0n) is 12.3. The maximum Gasteiger partial charge on any atom is 0.303 e. The molecule has 0 aliphatic heterocycles. The number of furan rings is 1. The molecule has 7 heteroatoms. The average molecular weight is 382 g/mol. The highest BCUT2D eigenvalue weighted by atomic mass is 79.9. The Balaban J connectivity index is 1.76. The monoisotopic (exact) mass is 381 g/mol. The van der Waals surface area contributed by atoms with Gasteiger partial charge in [0.1, 0.15) is 12.0 Å². The number of carbonyl (C=O) groups excluding carboxylic acids is 1. The van der Waals surface area contributed by atoms with E-state index in [1.807, 2.05) is 12.1 Å². The quantitative estimate of drug-likeness (QED) is 0.685. The predicted molar refractivity (Wildman–Crippen MR) is 86.4 cm³/mol. The molecular weight excluding hydrogens is 366 g/mol. The second kappa shape index (κ2) is 8.38. The second-order valence-corrected chi connectivity index (χ2v) is 5.59. The molecule has 23 heavy (non-hydrogen) atoms. The number of hydrogen-bond donors (Lipinski definition) is 2. The molecule has 2 aromatic rings. The van der Waals surface area contributed by atoms with E-state index in [1.54, 1.807) is 18.2 Å². The molecule has 1 aromatic heterocycles. The Morgan fingerprint density at radius 1 is 1.26 bits per heavy atom. The summed E-state index contributed by atoms with van der Waals surface area (Å²) >= 11 is 3.14. The van der Waals surface area contributed by atoms with Gasteiger partial charge in [-0.3, -0.25) is 9.59 Å². The van der Waals surface area contributed by atoms with Crippen LogP contribution in [0.4, 0.5) is 0 Å². The summed E-state index contributed by atoms with van der Waals surface area (Å²) in [6, 6.07) is 8.87. The third kappa shape index (κ3) is 5.78. The fourth-order valence-corrected chi connectivity index (χ4v) is 2.17. The maximum absolute atomic E-state index is 11.9. The molecule has 0 radical (unpaired) electrons. The van der Waals surface area contributed by atoms with Gasteiger partial charge in [0.25, 0.3) is 5.91 Å². The number of rotatable bonds is 8. The van der Waals surface area contributed by atoms with E-state index in [1.165, 1.54) is 6.26 Å². The lowest BCUT2D eigenvalue weighted by Crippen LogP contribution is -2.22. The number of ether oxygens (including phenoxy) is 1. The van der Waals surface area contributed by atoms with E-state index in [0.717, 1.165) is 5.56 Å². The van der Waals surface area contributed by atoms with Gasteiger partial charge in [-0.1, -0.05) is 12.1 Å². The van der Waals surface area contributed by atoms with E-state index in [2.05, 4.69) is 21.2 Å². The molecule has 6 nitrogen and oxygen atoms in total. The first-order valence-corrected chi connectivity index (χ1v) is 7.79. The topological polar surface area (TPSA) is 88.8 Å². The molecule has 0 saturated heterocycles. The maximum atomic E-state index is 11.9. The smallest absolute Gasteiger partial charge is 0.303 e. The normalized spacial score (nSPS) is 10.3. The summed E-state index contributed by atoms with van der Waals surface area (Å²) in [4.78, 5) is 22.3. The van der Waals surface area contributed by atoms with Gasteiger partial charge >= 0.3 is 5.97 Å². The molecule has 2 N–H and O–H groups in total. The zero-order valence-corrected chi connectivity index (χ0v) is 13.8. The van der Waals surface area contributed by atoms with Crippen LogP contribution < -0.4 is 10.1 Å². The van der Waals surface area contributed by atoms with Crippen LogP contribution in [0, 0.1) is 0 Å². The number of halogens is 1. The van der Waals surface area contributed by atoms with Gasteiger partial charge in [0, 0.05) is 19.0 Å². The van der Waals surface area contributed by atoms with Crippen molar-refractivity contribution in [3.05, 3.63) is 52.4 Å². The lowest BCUT2D eigenvalue weighted by molar-refractivity contribution is -0.137. The van der Waals surface area contributed by atoms with E-state index in [4.69, 9.17) is 14.3 Å². The predicted octanol–water partition coefficient (Wildman–Crippen LogP) is 3.22. The lowest BCUT2D eigenvalue weighted by atomic mass is 10.2. The van der Waals surface area contributed by atoms with Crippen molar-refractivity contribution < 1.29 is 23.8 Å². The van der Waals surface area contributed by atoms with Crippen molar-refractivity contribution in [1.29, 1.82) is 0 Å². The summed E-state index contributed by atoms with van der Waals surface area (Å²) in [7, 11) is 0. The van der Waals surface area contributed by atoms with Gasteiger partial charge in [-0.2, -0.15) is 0 Å². The highest BCUT2D eigenvalue weighted by Crippen LogP contribution is 2.15. The van der Waals surface area contributed by atoms with Crippen molar-refractivity contribution in [2.75, 3.05) is 6.61 Å². The third-order valence-corrected chi connectivity index (χ3v) is 3.43. The molecular formula is C16H16BrNO5. The minimum atomic E-state index is -0.829. The van der Waals surface area contributed by atoms with Crippen molar-refractivity contribution >= 4 is 27.8 Å². The van der Waals surface area contributed by atoms with Crippen LogP contribution in [0.15, 0.2) is 45.7 Å². The first kappa shape index (κ1) is 17.1. The van der Waals surface area contributed by atoms with Crippen LogP contribution in [-0.2, 0) is 11.3 Å². The standard InChI is InChI=1S/C16H16BrNO5/c17-14-8-12(10-23-14)16(21)18-9-11-3-5-13(6-4-11)22-7-1-2-15(19)20/h3-6,8,10H,1-2,7,9H2,(H,18,21)(H,19,20). The fourth-order valence-electron chi connectivity index (χ4n) is 1.83. The van der Waals surface area contributed by atoms with Crippen molar-refractivity contribution in [2.24, 2.45) is 0 Å². The molecule has 1 heterocycles. The van der Waals surface area contributed by atoms with E-state index >= 15 is 0 Å². The molecule has 0 aliphatic carbocycles. The van der Waals surface area contributed by atoms with Crippen LogP contribution in [0.2, 0.25) is 0 Å². The number of carbonyl (C=O) groups is 2. The van der Waals surface area contributed by atoms with E-state index in [9.17, 15) is 9.59 Å². The fraction of sp³-hybridized carbons (Fsp3) is 0.250. The van der Waals surface area contributed by atoms with E-state index < -0.39 is 5.97 Å². The molecule has 0 fully saturated rings. The summed E-state index contributed by atoms with van der Waals surface area (Å²) in [6.07, 6.45) is 1.94. The molecule has 122 valence electrons. The van der Waals surface area contributed by atoms with Gasteiger partial charge in [0.2, 0.25) is 0 Å². The van der Waals surface area contributed by atoms with Gasteiger partial charge in [0.15, 0.2) is 4.67 Å². The van der Waals surface area contributed by atoms with Crippen LogP contribution in [0.3, 0.4) is 0 Å². The summed E-state index contributed by atoms with van der Waals surface area (Å²) in [6.45, 7) is 0.749. The second-order valence-electron chi connectivity index (χ2n) is 4.81. The number of nitrogens with one attached hydrogen (secondary N) is 1. The molecule has 0 bridgehead atoms. The minimum absolute atomic E-state index is 0.0915. The number of amides is 1. The molecule has 0 aliphatic rings. The van der Waals surface area contributed by atoms with Gasteiger partial charge in [-0.25, -0.2) is 0 Å². The lowest BCUT2D eigenvalue weighted by Gasteiger charge is -2.07. The van der Waals surface area contributed by atoms with Gasteiger partial charge in [-0.05, 0) is 40.0 Å². The average Bonchev–Trinajstić information content (AvgIpc) is 2.97. The largest absolute Gasteiger partial charge is 0.494 e. The number of carboxylic acids is 1. The van der Waals surface area contributed by atoms with E-state index in [0.29, 0.717) is 35.6 Å². The Hall–Kier alpha value is -2.28.